The molecule has 0 aliphatic rings. The minimum absolute atomic E-state index is 0.119. The van der Waals surface area contributed by atoms with E-state index < -0.39 is 5.82 Å². The lowest BCUT2D eigenvalue weighted by Gasteiger charge is -2.20. The molecule has 2 atom stereocenters. The Hall–Kier alpha value is -2.56. The van der Waals surface area contributed by atoms with E-state index in [1.807, 2.05) is 38.1 Å². The maximum atomic E-state index is 13.8. The monoisotopic (exact) mass is 330 g/mol. The molecule has 0 spiro atoms. The van der Waals surface area contributed by atoms with E-state index in [4.69, 9.17) is 4.74 Å². The zero-order valence-corrected chi connectivity index (χ0v) is 14.4. The molecule has 0 saturated carbocycles. The number of methoxy groups -OCH3 is 1. The largest absolute Gasteiger partial charge is 0.494 e. The van der Waals surface area contributed by atoms with E-state index in [1.165, 1.54) is 13.2 Å². The van der Waals surface area contributed by atoms with E-state index in [0.717, 1.165) is 11.1 Å². The number of carbonyl (C=O) groups excluding carboxylic acids is 1. The van der Waals surface area contributed by atoms with Gasteiger partial charge in [0.1, 0.15) is 0 Å². The van der Waals surface area contributed by atoms with Crippen LogP contribution in [0.3, 0.4) is 0 Å². The minimum Gasteiger partial charge on any atom is -0.494 e. The van der Waals surface area contributed by atoms with Gasteiger partial charge in [-0.3, -0.25) is 0 Å². The Balaban J connectivity index is 1.99. The predicted molar refractivity (Wildman–Crippen MR) is 92.6 cm³/mol. The smallest absolute Gasteiger partial charge is 0.315 e. The summed E-state index contributed by atoms with van der Waals surface area (Å²) in [6, 6.07) is 11.8. The second kappa shape index (κ2) is 7.81. The predicted octanol–water partition coefficient (Wildman–Crippen LogP) is 4.26. The second-order valence-electron chi connectivity index (χ2n) is 5.81. The highest BCUT2D eigenvalue weighted by Gasteiger charge is 2.15. The highest BCUT2D eigenvalue weighted by molar-refractivity contribution is 5.75. The Morgan fingerprint density at radius 3 is 2.38 bits per heavy atom. The lowest BCUT2D eigenvalue weighted by atomic mass is 10.0. The molecular weight excluding hydrogens is 307 g/mol. The third-order valence-corrected chi connectivity index (χ3v) is 4.03. The van der Waals surface area contributed by atoms with Crippen molar-refractivity contribution in [3.8, 4) is 5.75 Å². The first-order chi connectivity index (χ1) is 11.4. The molecule has 24 heavy (non-hydrogen) atoms. The quantitative estimate of drug-likeness (QED) is 0.860. The highest BCUT2D eigenvalue weighted by Crippen LogP contribution is 2.22. The molecule has 0 heterocycles. The van der Waals surface area contributed by atoms with Crippen LogP contribution in [0.1, 0.15) is 42.6 Å². The van der Waals surface area contributed by atoms with Gasteiger partial charge in [-0.1, -0.05) is 30.3 Å². The van der Waals surface area contributed by atoms with Crippen molar-refractivity contribution >= 4 is 6.03 Å². The van der Waals surface area contributed by atoms with Crippen LogP contribution >= 0.6 is 0 Å². The summed E-state index contributed by atoms with van der Waals surface area (Å²) < 4.78 is 18.7. The van der Waals surface area contributed by atoms with Crippen LogP contribution in [0.15, 0.2) is 42.5 Å². The Labute approximate surface area is 142 Å². The van der Waals surface area contributed by atoms with Crippen LogP contribution < -0.4 is 15.4 Å². The van der Waals surface area contributed by atoms with Crippen LogP contribution in [0.25, 0.3) is 0 Å². The summed E-state index contributed by atoms with van der Waals surface area (Å²) in [6.07, 6.45) is 0. The van der Waals surface area contributed by atoms with Crippen molar-refractivity contribution in [1.29, 1.82) is 0 Å². The van der Waals surface area contributed by atoms with Crippen molar-refractivity contribution in [2.45, 2.75) is 32.9 Å². The van der Waals surface area contributed by atoms with Gasteiger partial charge in [-0.15, -0.1) is 0 Å². The van der Waals surface area contributed by atoms with Gasteiger partial charge in [-0.05, 0) is 49.6 Å². The standard InChI is InChI=1S/C19H23FN2O2/c1-12-7-5-6-8-16(12)14(3)22-19(23)21-13(2)15-9-10-18(24-4)17(20)11-15/h5-11,13-14H,1-4H3,(H2,21,22,23)/t13-,14+/m1/s1. The molecule has 5 heteroatoms. The molecular formula is C19H23FN2O2. The molecule has 0 aliphatic heterocycles. The average Bonchev–Trinajstić information content (AvgIpc) is 2.54. The number of hydrogen-bond acceptors (Lipinski definition) is 2. The van der Waals surface area contributed by atoms with Gasteiger partial charge in [-0.2, -0.15) is 0 Å². The first-order valence-corrected chi connectivity index (χ1v) is 7.88. The molecule has 2 aromatic carbocycles. The number of ether oxygens (including phenoxy) is 1. The normalized spacial score (nSPS) is 13.0. The van der Waals surface area contributed by atoms with Gasteiger partial charge in [0.2, 0.25) is 0 Å². The number of nitrogens with one attached hydrogen (secondary N) is 2. The number of carbonyl (C=O) groups is 1. The number of halogens is 1. The molecule has 0 aliphatic carbocycles. The Bertz CT molecular complexity index is 718. The Morgan fingerprint density at radius 1 is 1.08 bits per heavy atom. The fourth-order valence-corrected chi connectivity index (χ4v) is 2.62. The van der Waals surface area contributed by atoms with E-state index in [2.05, 4.69) is 10.6 Å². The van der Waals surface area contributed by atoms with Gasteiger partial charge in [0, 0.05) is 0 Å². The van der Waals surface area contributed by atoms with Gasteiger partial charge in [-0.25, -0.2) is 9.18 Å². The first kappa shape index (κ1) is 17.8. The lowest BCUT2D eigenvalue weighted by Crippen LogP contribution is -2.38. The van der Waals surface area contributed by atoms with Crippen LogP contribution in [0.5, 0.6) is 5.75 Å². The van der Waals surface area contributed by atoms with E-state index in [-0.39, 0.29) is 23.9 Å². The molecule has 2 amide bonds. The molecule has 128 valence electrons. The van der Waals surface area contributed by atoms with E-state index in [0.29, 0.717) is 5.56 Å². The lowest BCUT2D eigenvalue weighted by molar-refractivity contribution is 0.235. The molecule has 0 aromatic heterocycles. The zero-order valence-electron chi connectivity index (χ0n) is 14.4. The van der Waals surface area contributed by atoms with Crippen LogP contribution in [0.4, 0.5) is 9.18 Å². The number of benzene rings is 2. The summed E-state index contributed by atoms with van der Waals surface area (Å²) >= 11 is 0. The molecule has 0 radical (unpaired) electrons. The van der Waals surface area contributed by atoms with Gasteiger partial charge >= 0.3 is 6.03 Å². The van der Waals surface area contributed by atoms with Crippen LogP contribution in [0.2, 0.25) is 0 Å². The molecule has 2 N–H and O–H groups in total. The summed E-state index contributed by atoms with van der Waals surface area (Å²) in [5.41, 5.74) is 2.86. The van der Waals surface area contributed by atoms with Crippen LogP contribution in [0, 0.1) is 12.7 Å². The SMILES string of the molecule is COc1ccc([C@@H](C)NC(=O)N[C@@H](C)c2ccccc2C)cc1F. The van der Waals surface area contributed by atoms with Gasteiger partial charge in [0.25, 0.3) is 0 Å². The fourth-order valence-electron chi connectivity index (χ4n) is 2.62. The third-order valence-electron chi connectivity index (χ3n) is 4.03. The molecule has 0 bridgehead atoms. The molecule has 2 aromatic rings. The van der Waals surface area contributed by atoms with Crippen molar-refractivity contribution in [2.75, 3.05) is 7.11 Å². The number of urea groups is 1. The van der Waals surface area contributed by atoms with E-state index in [9.17, 15) is 9.18 Å². The van der Waals surface area contributed by atoms with Crippen molar-refractivity contribution in [1.82, 2.24) is 10.6 Å². The highest BCUT2D eigenvalue weighted by atomic mass is 19.1. The number of amides is 2. The summed E-state index contributed by atoms with van der Waals surface area (Å²) in [7, 11) is 1.42. The zero-order chi connectivity index (χ0) is 17.7. The maximum Gasteiger partial charge on any atom is 0.315 e. The average molecular weight is 330 g/mol. The van der Waals surface area contributed by atoms with Crippen LogP contribution in [-0.2, 0) is 0 Å². The first-order valence-electron chi connectivity index (χ1n) is 7.88. The van der Waals surface area contributed by atoms with Gasteiger partial charge < -0.3 is 15.4 Å². The topological polar surface area (TPSA) is 50.4 Å². The Kier molecular flexibility index (Phi) is 5.79. The van der Waals surface area contributed by atoms with Gasteiger partial charge in [0.15, 0.2) is 11.6 Å². The van der Waals surface area contributed by atoms with E-state index in [1.54, 1.807) is 19.1 Å². The van der Waals surface area contributed by atoms with Crippen molar-refractivity contribution < 1.29 is 13.9 Å². The number of hydrogen-bond donors (Lipinski definition) is 2. The summed E-state index contributed by atoms with van der Waals surface area (Å²) in [5, 5.41) is 5.73. The Morgan fingerprint density at radius 2 is 1.75 bits per heavy atom. The second-order valence-corrected chi connectivity index (χ2v) is 5.81. The van der Waals surface area contributed by atoms with Crippen LogP contribution in [-0.4, -0.2) is 13.1 Å². The summed E-state index contributed by atoms with van der Waals surface area (Å²) in [4.78, 5) is 12.2. The van der Waals surface area contributed by atoms with E-state index >= 15 is 0 Å². The van der Waals surface area contributed by atoms with Crippen molar-refractivity contribution in [3.05, 3.63) is 65.0 Å². The number of aryl methyl sites for hydroxylation is 1. The van der Waals surface area contributed by atoms with Crippen molar-refractivity contribution in [2.24, 2.45) is 0 Å². The molecule has 0 unspecified atom stereocenters. The minimum atomic E-state index is -0.447. The third kappa shape index (κ3) is 4.25. The molecule has 0 saturated heterocycles. The molecule has 2 rings (SSSR count). The summed E-state index contributed by atoms with van der Waals surface area (Å²) in [5.74, 6) is -0.263. The maximum absolute atomic E-state index is 13.8. The number of rotatable bonds is 5. The summed E-state index contributed by atoms with van der Waals surface area (Å²) in [6.45, 7) is 5.74. The molecule has 0 fully saturated rings. The van der Waals surface area contributed by atoms with Crippen molar-refractivity contribution in [3.63, 3.8) is 0 Å². The molecule has 4 nitrogen and oxygen atoms in total. The van der Waals surface area contributed by atoms with Gasteiger partial charge in [0.05, 0.1) is 19.2 Å². The fraction of sp³-hybridized carbons (Fsp3) is 0.316.